The van der Waals surface area contributed by atoms with Gasteiger partial charge in [-0.25, -0.2) is 0 Å². The first kappa shape index (κ1) is 25.0. The standard InChI is InChI=1S/C27H26Br2O6/c28-20-10-6-17(7-11-20)14-31-24-23-22(16-33-27(35-23)19-4-2-1-3-5-19)34-26(30)25(24)32-15-18-8-12-21(29)13-9-18/h1-13,22-27,30H,14-16H2/t22-,23-,24+,25+,26?,27?/m1/s1. The summed E-state index contributed by atoms with van der Waals surface area (Å²) < 4.78 is 32.7. The van der Waals surface area contributed by atoms with E-state index in [0.717, 1.165) is 25.6 Å². The van der Waals surface area contributed by atoms with Gasteiger partial charge in [0.2, 0.25) is 0 Å². The maximum absolute atomic E-state index is 10.9. The van der Waals surface area contributed by atoms with Crippen molar-refractivity contribution in [3.63, 3.8) is 0 Å². The van der Waals surface area contributed by atoms with Crippen LogP contribution in [0.1, 0.15) is 23.0 Å². The Morgan fingerprint density at radius 3 is 1.91 bits per heavy atom. The largest absolute Gasteiger partial charge is 0.368 e. The number of hydrogen-bond donors (Lipinski definition) is 1. The fraction of sp³-hybridized carbons (Fsp3) is 0.333. The molecule has 2 saturated heterocycles. The number of rotatable bonds is 7. The lowest BCUT2D eigenvalue weighted by molar-refractivity contribution is -0.366. The van der Waals surface area contributed by atoms with E-state index < -0.39 is 37.0 Å². The molecule has 2 fully saturated rings. The van der Waals surface area contributed by atoms with E-state index >= 15 is 0 Å². The van der Waals surface area contributed by atoms with E-state index in [0.29, 0.717) is 13.2 Å². The van der Waals surface area contributed by atoms with Crippen molar-refractivity contribution >= 4 is 31.9 Å². The molecule has 0 amide bonds. The third-order valence-corrected chi connectivity index (χ3v) is 7.14. The summed E-state index contributed by atoms with van der Waals surface area (Å²) in [4.78, 5) is 0. The third kappa shape index (κ3) is 6.21. The highest BCUT2D eigenvalue weighted by atomic mass is 79.9. The van der Waals surface area contributed by atoms with Crippen LogP contribution in [0.3, 0.4) is 0 Å². The molecule has 6 atom stereocenters. The van der Waals surface area contributed by atoms with Crippen LogP contribution in [0.4, 0.5) is 0 Å². The van der Waals surface area contributed by atoms with Crippen LogP contribution < -0.4 is 0 Å². The van der Waals surface area contributed by atoms with E-state index in [2.05, 4.69) is 31.9 Å². The molecule has 0 radical (unpaired) electrons. The summed E-state index contributed by atoms with van der Waals surface area (Å²) in [6, 6.07) is 25.5. The van der Waals surface area contributed by atoms with E-state index in [1.807, 2.05) is 78.9 Å². The molecule has 2 heterocycles. The minimum Gasteiger partial charge on any atom is -0.368 e. The third-order valence-electron chi connectivity index (χ3n) is 6.09. The van der Waals surface area contributed by atoms with Gasteiger partial charge in [-0.05, 0) is 35.4 Å². The van der Waals surface area contributed by atoms with Gasteiger partial charge in [0.05, 0.1) is 19.8 Å². The van der Waals surface area contributed by atoms with Crippen molar-refractivity contribution < 1.29 is 28.8 Å². The van der Waals surface area contributed by atoms with Gasteiger partial charge in [0, 0.05) is 14.5 Å². The van der Waals surface area contributed by atoms with Crippen molar-refractivity contribution in [3.8, 4) is 0 Å². The molecule has 35 heavy (non-hydrogen) atoms. The number of benzene rings is 3. The van der Waals surface area contributed by atoms with Gasteiger partial charge in [-0.3, -0.25) is 0 Å². The van der Waals surface area contributed by atoms with Gasteiger partial charge in [0.25, 0.3) is 0 Å². The zero-order valence-corrected chi connectivity index (χ0v) is 22.0. The monoisotopic (exact) mass is 604 g/mol. The van der Waals surface area contributed by atoms with Crippen molar-refractivity contribution in [2.45, 2.75) is 50.2 Å². The second-order valence-electron chi connectivity index (χ2n) is 8.55. The van der Waals surface area contributed by atoms with E-state index in [-0.39, 0.29) is 6.61 Å². The highest BCUT2D eigenvalue weighted by Crippen LogP contribution is 2.36. The van der Waals surface area contributed by atoms with Crippen LogP contribution in [0.25, 0.3) is 0 Å². The maximum atomic E-state index is 10.9. The van der Waals surface area contributed by atoms with Gasteiger partial charge < -0.3 is 28.8 Å². The molecular weight excluding hydrogens is 580 g/mol. The van der Waals surface area contributed by atoms with Crippen LogP contribution >= 0.6 is 31.9 Å². The number of aliphatic hydroxyl groups is 1. The molecule has 0 saturated carbocycles. The van der Waals surface area contributed by atoms with Crippen molar-refractivity contribution in [2.75, 3.05) is 6.61 Å². The van der Waals surface area contributed by atoms with Crippen molar-refractivity contribution in [3.05, 3.63) is 104 Å². The number of ether oxygens (including phenoxy) is 5. The molecule has 0 aromatic heterocycles. The summed E-state index contributed by atoms with van der Waals surface area (Å²) in [7, 11) is 0. The summed E-state index contributed by atoms with van der Waals surface area (Å²) in [5.41, 5.74) is 2.89. The Balaban J connectivity index is 1.36. The number of aliphatic hydroxyl groups excluding tert-OH is 1. The Bertz CT molecular complexity index is 1080. The minimum atomic E-state index is -1.18. The van der Waals surface area contributed by atoms with Crippen LogP contribution in [0, 0.1) is 0 Å². The van der Waals surface area contributed by atoms with Crippen molar-refractivity contribution in [1.82, 2.24) is 0 Å². The molecule has 2 aliphatic heterocycles. The molecule has 3 aromatic rings. The minimum absolute atomic E-state index is 0.277. The molecule has 184 valence electrons. The van der Waals surface area contributed by atoms with Crippen molar-refractivity contribution in [2.24, 2.45) is 0 Å². The van der Waals surface area contributed by atoms with Gasteiger partial charge in [0.1, 0.15) is 24.4 Å². The number of halogens is 2. The molecule has 0 spiro atoms. The van der Waals surface area contributed by atoms with Gasteiger partial charge in [-0.2, -0.15) is 0 Å². The highest BCUT2D eigenvalue weighted by molar-refractivity contribution is 9.10. The Morgan fingerprint density at radius 1 is 0.743 bits per heavy atom. The predicted octanol–water partition coefficient (Wildman–Crippen LogP) is 5.51. The maximum Gasteiger partial charge on any atom is 0.184 e. The Labute approximate surface area is 221 Å². The summed E-state index contributed by atoms with van der Waals surface area (Å²) >= 11 is 6.92. The van der Waals surface area contributed by atoms with Gasteiger partial charge >= 0.3 is 0 Å². The molecule has 0 bridgehead atoms. The van der Waals surface area contributed by atoms with Gasteiger partial charge in [-0.15, -0.1) is 0 Å². The summed E-state index contributed by atoms with van der Waals surface area (Å²) in [5.74, 6) is 0. The number of fused-ring (bicyclic) bond motifs is 1. The lowest BCUT2D eigenvalue weighted by atomic mass is 9.97. The average molecular weight is 606 g/mol. The van der Waals surface area contributed by atoms with Crippen LogP contribution in [-0.2, 0) is 36.9 Å². The molecule has 1 N–H and O–H groups in total. The fourth-order valence-electron chi connectivity index (χ4n) is 4.26. The SMILES string of the molecule is OC1O[C@@H]2COC(c3ccccc3)O[C@H]2[C@H](OCc2ccc(Br)cc2)[C@@H]1OCc1ccc(Br)cc1. The van der Waals surface area contributed by atoms with Crippen molar-refractivity contribution in [1.29, 1.82) is 0 Å². The summed E-state index contributed by atoms with van der Waals surface area (Å²) in [6.07, 6.45) is -4.01. The topological polar surface area (TPSA) is 66.4 Å². The first-order chi connectivity index (χ1) is 17.1. The van der Waals surface area contributed by atoms with E-state index in [4.69, 9.17) is 23.7 Å². The van der Waals surface area contributed by atoms with Crippen LogP contribution in [0.2, 0.25) is 0 Å². The fourth-order valence-corrected chi connectivity index (χ4v) is 4.78. The smallest absolute Gasteiger partial charge is 0.184 e. The molecular formula is C27H26Br2O6. The highest BCUT2D eigenvalue weighted by Gasteiger charge is 2.51. The summed E-state index contributed by atoms with van der Waals surface area (Å²) in [5, 5.41) is 10.9. The molecule has 3 aromatic carbocycles. The number of hydrogen-bond acceptors (Lipinski definition) is 6. The summed E-state index contributed by atoms with van der Waals surface area (Å²) in [6.45, 7) is 0.914. The Kier molecular flexibility index (Phi) is 8.32. The first-order valence-electron chi connectivity index (χ1n) is 11.4. The van der Waals surface area contributed by atoms with Crippen LogP contribution in [0.5, 0.6) is 0 Å². The molecule has 0 aliphatic carbocycles. The van der Waals surface area contributed by atoms with Crippen LogP contribution in [0.15, 0.2) is 87.8 Å². The predicted molar refractivity (Wildman–Crippen MR) is 136 cm³/mol. The normalized spacial score (nSPS) is 28.4. The average Bonchev–Trinajstić information content (AvgIpc) is 2.88. The second kappa shape index (κ2) is 11.6. The van der Waals surface area contributed by atoms with E-state index in [9.17, 15) is 5.11 Å². The Morgan fingerprint density at radius 2 is 1.31 bits per heavy atom. The lowest BCUT2D eigenvalue weighted by Crippen LogP contribution is -2.63. The molecule has 2 aliphatic rings. The second-order valence-corrected chi connectivity index (χ2v) is 10.4. The quantitative estimate of drug-likeness (QED) is 0.383. The van der Waals surface area contributed by atoms with E-state index in [1.165, 1.54) is 0 Å². The van der Waals surface area contributed by atoms with Gasteiger partial charge in [0.15, 0.2) is 12.6 Å². The molecule has 6 nitrogen and oxygen atoms in total. The lowest BCUT2D eigenvalue weighted by Gasteiger charge is -2.47. The first-order valence-corrected chi connectivity index (χ1v) is 13.0. The van der Waals surface area contributed by atoms with E-state index in [1.54, 1.807) is 0 Å². The zero-order chi connectivity index (χ0) is 24.2. The molecule has 2 unspecified atom stereocenters. The zero-order valence-electron chi connectivity index (χ0n) is 18.8. The Hall–Kier alpha value is -1.62. The van der Waals surface area contributed by atoms with Gasteiger partial charge in [-0.1, -0.05) is 86.5 Å². The van der Waals surface area contributed by atoms with Crippen LogP contribution in [-0.4, -0.2) is 42.4 Å². The molecule has 5 rings (SSSR count). The molecule has 8 heteroatoms.